The van der Waals surface area contributed by atoms with Crippen molar-refractivity contribution in [2.45, 2.75) is 19.1 Å². The van der Waals surface area contributed by atoms with Crippen molar-refractivity contribution in [3.8, 4) is 11.5 Å². The van der Waals surface area contributed by atoms with E-state index in [0.717, 1.165) is 17.1 Å². The van der Waals surface area contributed by atoms with Crippen LogP contribution in [0.15, 0.2) is 42.6 Å². The maximum absolute atomic E-state index is 13.9. The van der Waals surface area contributed by atoms with Crippen molar-refractivity contribution < 1.29 is 33.7 Å². The Morgan fingerprint density at radius 1 is 1.00 bits per heavy atom. The monoisotopic (exact) mass is 469 g/mol. The highest BCUT2D eigenvalue weighted by Crippen LogP contribution is 2.34. The van der Waals surface area contributed by atoms with Crippen LogP contribution >= 0.6 is 0 Å². The van der Waals surface area contributed by atoms with Crippen LogP contribution in [0.3, 0.4) is 0 Å². The van der Waals surface area contributed by atoms with Crippen molar-refractivity contribution in [3.63, 3.8) is 0 Å². The predicted octanol–water partition coefficient (Wildman–Crippen LogP) is 2.54. The average Bonchev–Trinajstić information content (AvgIpc) is 3.39. The van der Waals surface area contributed by atoms with E-state index in [1.54, 1.807) is 0 Å². The predicted molar refractivity (Wildman–Crippen MR) is 119 cm³/mol. The van der Waals surface area contributed by atoms with Crippen LogP contribution in [0.25, 0.3) is 10.9 Å². The Kier molecular flexibility index (Phi) is 5.84. The molecule has 1 fully saturated rings. The van der Waals surface area contributed by atoms with Crippen molar-refractivity contribution in [1.29, 1.82) is 0 Å². The molecule has 3 aromatic rings. The fraction of sp³-hybridized carbons (Fsp3) is 0.333. The summed E-state index contributed by atoms with van der Waals surface area (Å²) in [5.74, 6) is -1.15. The van der Waals surface area contributed by atoms with Gasteiger partial charge in [-0.15, -0.1) is 0 Å². The van der Waals surface area contributed by atoms with Gasteiger partial charge in [0.05, 0.1) is 5.52 Å². The molecule has 34 heavy (non-hydrogen) atoms. The Morgan fingerprint density at radius 2 is 1.76 bits per heavy atom. The summed E-state index contributed by atoms with van der Waals surface area (Å²) in [6.07, 6.45) is 1.52. The number of carbonyl (C=O) groups is 2. The number of piperazine rings is 1. The van der Waals surface area contributed by atoms with Gasteiger partial charge in [0.1, 0.15) is 18.4 Å². The highest BCUT2D eigenvalue weighted by atomic mass is 19.1. The minimum absolute atomic E-state index is 0.226. The molecule has 0 aliphatic carbocycles. The lowest BCUT2D eigenvalue weighted by Crippen LogP contribution is -2.48. The van der Waals surface area contributed by atoms with Crippen LogP contribution in [0.5, 0.6) is 11.5 Å². The Morgan fingerprint density at radius 3 is 2.50 bits per heavy atom. The number of nitrogens with zero attached hydrogens (tertiary/aromatic N) is 3. The van der Waals surface area contributed by atoms with Gasteiger partial charge in [0.2, 0.25) is 6.79 Å². The van der Waals surface area contributed by atoms with Crippen molar-refractivity contribution in [2.24, 2.45) is 0 Å². The molecule has 1 unspecified atom stereocenters. The van der Waals surface area contributed by atoms with E-state index >= 15 is 0 Å². The van der Waals surface area contributed by atoms with Gasteiger partial charge in [-0.2, -0.15) is 0 Å². The Bertz CT molecular complexity index is 1250. The molecule has 5 rings (SSSR count). The number of hydrogen-bond donors (Lipinski definition) is 2. The highest BCUT2D eigenvalue weighted by molar-refractivity contribution is 5.90. The minimum atomic E-state index is -1.09. The second-order valence-electron chi connectivity index (χ2n) is 8.51. The van der Waals surface area contributed by atoms with E-state index in [1.807, 2.05) is 23.1 Å². The summed E-state index contributed by atoms with van der Waals surface area (Å²) in [5, 5.41) is 19.9. The lowest BCUT2D eigenvalue weighted by Gasteiger charge is -2.37. The van der Waals surface area contributed by atoms with Gasteiger partial charge in [-0.25, -0.2) is 4.39 Å². The number of carboxylic acid groups (broad SMARTS) is 2. The maximum Gasteiger partial charge on any atom is 0.325 e. The molecule has 1 saturated heterocycles. The van der Waals surface area contributed by atoms with Crippen LogP contribution in [0.2, 0.25) is 0 Å². The summed E-state index contributed by atoms with van der Waals surface area (Å²) in [6, 6.07) is 8.91. The number of aromatic nitrogens is 1. The first-order chi connectivity index (χ1) is 16.4. The summed E-state index contributed by atoms with van der Waals surface area (Å²) in [6.45, 7) is 2.93. The normalized spacial score (nSPS) is 17.2. The highest BCUT2D eigenvalue weighted by Gasteiger charge is 2.33. The summed E-state index contributed by atoms with van der Waals surface area (Å²) in [5.41, 5.74) is 1.92. The molecule has 10 heteroatoms. The quantitative estimate of drug-likeness (QED) is 0.544. The summed E-state index contributed by atoms with van der Waals surface area (Å²) >= 11 is 0. The van der Waals surface area contributed by atoms with Gasteiger partial charge in [0, 0.05) is 49.9 Å². The number of carboxylic acids is 2. The van der Waals surface area contributed by atoms with Gasteiger partial charge in [0.25, 0.3) is 0 Å². The summed E-state index contributed by atoms with van der Waals surface area (Å²) in [7, 11) is 0. The molecule has 0 amide bonds. The van der Waals surface area contributed by atoms with Crippen LogP contribution in [0.1, 0.15) is 17.2 Å². The van der Waals surface area contributed by atoms with E-state index in [9.17, 15) is 24.2 Å². The third kappa shape index (κ3) is 4.29. The lowest BCUT2D eigenvalue weighted by atomic mass is 10.0. The third-order valence-corrected chi connectivity index (χ3v) is 6.32. The molecule has 0 radical (unpaired) electrons. The summed E-state index contributed by atoms with van der Waals surface area (Å²) in [4.78, 5) is 27.8. The zero-order chi connectivity index (χ0) is 23.8. The van der Waals surface area contributed by atoms with Crippen LogP contribution in [-0.2, 0) is 22.7 Å². The Balaban J connectivity index is 1.34. The molecule has 2 aliphatic heterocycles. The maximum atomic E-state index is 13.9. The number of hydrogen-bond acceptors (Lipinski definition) is 6. The molecular formula is C24H24FN3O6. The second kappa shape index (κ2) is 8.96. The number of halogens is 1. The number of fused-ring (bicyclic) bond motifs is 2. The van der Waals surface area contributed by atoms with E-state index in [2.05, 4.69) is 4.90 Å². The van der Waals surface area contributed by atoms with Crippen molar-refractivity contribution in [1.82, 2.24) is 14.4 Å². The molecule has 1 atom stereocenters. The minimum Gasteiger partial charge on any atom is -0.480 e. The Hall–Kier alpha value is -3.63. The molecule has 0 saturated carbocycles. The SMILES string of the molecule is O=C(O)Cn1cc(C(C(=O)O)N2CCN(Cc3ccc4c(c3)OCO4)CC2)c2ccc(F)cc21. The van der Waals surface area contributed by atoms with E-state index in [0.29, 0.717) is 49.2 Å². The topological polar surface area (TPSA) is 104 Å². The molecule has 2 aliphatic rings. The van der Waals surface area contributed by atoms with Crippen LogP contribution in [-0.4, -0.2) is 69.5 Å². The molecule has 1 aromatic heterocycles. The molecule has 0 spiro atoms. The number of ether oxygens (including phenoxy) is 2. The second-order valence-corrected chi connectivity index (χ2v) is 8.51. The first kappa shape index (κ1) is 22.2. The first-order valence-electron chi connectivity index (χ1n) is 11.0. The molecule has 178 valence electrons. The zero-order valence-electron chi connectivity index (χ0n) is 18.3. The van der Waals surface area contributed by atoms with E-state index < -0.39 is 23.8 Å². The van der Waals surface area contributed by atoms with Crippen molar-refractivity contribution >= 4 is 22.8 Å². The first-order valence-corrected chi connectivity index (χ1v) is 11.0. The van der Waals surface area contributed by atoms with Crippen LogP contribution < -0.4 is 9.47 Å². The van der Waals surface area contributed by atoms with E-state index in [4.69, 9.17) is 9.47 Å². The number of rotatable bonds is 7. The van der Waals surface area contributed by atoms with Gasteiger partial charge < -0.3 is 24.3 Å². The standard InChI is InChI=1S/C24H24FN3O6/c25-16-2-3-17-18(12-28(13-22(29)30)19(17)10-16)23(24(31)32)27-7-5-26(6-8-27)11-15-1-4-20-21(9-15)34-14-33-20/h1-4,9-10,12,23H,5-8,11,13-14H2,(H,29,30)(H,31,32). The zero-order valence-corrected chi connectivity index (χ0v) is 18.3. The fourth-order valence-corrected chi connectivity index (χ4v) is 4.75. The van der Waals surface area contributed by atoms with E-state index in [1.165, 1.54) is 29.0 Å². The number of benzene rings is 2. The van der Waals surface area contributed by atoms with Crippen molar-refractivity contribution in [2.75, 3.05) is 33.0 Å². The van der Waals surface area contributed by atoms with E-state index in [-0.39, 0.29) is 13.3 Å². The van der Waals surface area contributed by atoms with Gasteiger partial charge in [-0.1, -0.05) is 6.07 Å². The fourth-order valence-electron chi connectivity index (χ4n) is 4.75. The van der Waals surface area contributed by atoms with Crippen molar-refractivity contribution in [3.05, 3.63) is 59.5 Å². The largest absolute Gasteiger partial charge is 0.480 e. The summed E-state index contributed by atoms with van der Waals surface area (Å²) < 4.78 is 26.1. The Labute approximate surface area is 194 Å². The molecule has 9 nitrogen and oxygen atoms in total. The van der Waals surface area contributed by atoms with Crippen LogP contribution in [0.4, 0.5) is 4.39 Å². The number of aliphatic carboxylic acids is 2. The molecule has 2 N–H and O–H groups in total. The average molecular weight is 469 g/mol. The van der Waals surface area contributed by atoms with Gasteiger partial charge in [-0.3, -0.25) is 19.4 Å². The molecule has 0 bridgehead atoms. The molecular weight excluding hydrogens is 445 g/mol. The third-order valence-electron chi connectivity index (χ3n) is 6.32. The smallest absolute Gasteiger partial charge is 0.325 e. The van der Waals surface area contributed by atoms with Gasteiger partial charge in [-0.05, 0) is 35.9 Å². The molecule has 2 aromatic carbocycles. The van der Waals surface area contributed by atoms with Crippen LogP contribution in [0, 0.1) is 5.82 Å². The van der Waals surface area contributed by atoms with Gasteiger partial charge in [0.15, 0.2) is 11.5 Å². The molecule has 3 heterocycles. The van der Waals surface area contributed by atoms with Gasteiger partial charge >= 0.3 is 11.9 Å². The lowest BCUT2D eigenvalue weighted by molar-refractivity contribution is -0.144.